The second-order valence-corrected chi connectivity index (χ2v) is 13.0. The number of carbonyl (C=O) groups is 1. The van der Waals surface area contributed by atoms with E-state index in [2.05, 4.69) is 46.8 Å². The summed E-state index contributed by atoms with van der Waals surface area (Å²) < 4.78 is 27.1. The Bertz CT molecular complexity index is 1560. The van der Waals surface area contributed by atoms with Crippen LogP contribution >= 0.6 is 34.5 Å². The van der Waals surface area contributed by atoms with Crippen molar-refractivity contribution in [3.05, 3.63) is 93.6 Å². The topological polar surface area (TPSA) is 81.1 Å². The molecule has 0 saturated heterocycles. The molecule has 0 fully saturated rings. The van der Waals surface area contributed by atoms with E-state index >= 15 is 0 Å². The predicted molar refractivity (Wildman–Crippen MR) is 149 cm³/mol. The van der Waals surface area contributed by atoms with E-state index in [-0.39, 0.29) is 20.1 Å². The summed E-state index contributed by atoms with van der Waals surface area (Å²) in [6.45, 7) is 0.215. The first-order chi connectivity index (χ1) is 17.8. The number of thiophene rings is 1. The molecule has 4 aromatic rings. The average Bonchev–Trinajstić information content (AvgIpc) is 3.48. The molecule has 0 unspecified atom stereocenters. The van der Waals surface area contributed by atoms with Crippen LogP contribution in [0, 0.1) is 0 Å². The number of amides is 1. The maximum absolute atomic E-state index is 12.5. The molecular weight excluding hydrogens is 549 g/mol. The van der Waals surface area contributed by atoms with Gasteiger partial charge in [0.2, 0.25) is 5.91 Å². The first-order valence-electron chi connectivity index (χ1n) is 11.7. The average molecular weight is 573 g/mol. The number of nitrogens with one attached hydrogen (secondary N) is 1. The minimum atomic E-state index is -3.82. The molecule has 1 aliphatic rings. The van der Waals surface area contributed by atoms with Gasteiger partial charge in [0, 0.05) is 6.54 Å². The standard InChI is InChI=1S/C27H23Cl2N3O3S2/c28-23-15-25(36-27(23)29)37(34,35)17-24(33)30-14-13-20-7-4-8-21-16-31-32(26(20)21)22-11-9-19(10-12-22)18-5-2-1-3-6-18/h1-3,5-6,9-13,15-16H,4,7-8,14,17H2,(H,30,33)/b20-13+. The smallest absolute Gasteiger partial charge is 0.235 e. The normalized spacial score (nSPS) is 14.5. The molecule has 5 rings (SSSR count). The monoisotopic (exact) mass is 571 g/mol. The van der Waals surface area contributed by atoms with Gasteiger partial charge in [-0.1, -0.05) is 71.7 Å². The van der Waals surface area contributed by atoms with Crippen molar-refractivity contribution < 1.29 is 13.2 Å². The lowest BCUT2D eigenvalue weighted by Gasteiger charge is -2.18. The fourth-order valence-electron chi connectivity index (χ4n) is 4.38. The number of fused-ring (bicyclic) bond motifs is 1. The van der Waals surface area contributed by atoms with E-state index < -0.39 is 21.5 Å². The summed E-state index contributed by atoms with van der Waals surface area (Å²) in [4.78, 5) is 12.4. The zero-order valence-electron chi connectivity index (χ0n) is 19.7. The Labute approximate surface area is 229 Å². The lowest BCUT2D eigenvalue weighted by Crippen LogP contribution is -2.30. The summed E-state index contributed by atoms with van der Waals surface area (Å²) in [5, 5.41) is 7.51. The number of allylic oxidation sites excluding steroid dienone is 1. The molecule has 2 aromatic heterocycles. The van der Waals surface area contributed by atoms with Crippen LogP contribution in [0.2, 0.25) is 9.36 Å². The maximum Gasteiger partial charge on any atom is 0.235 e. The quantitative estimate of drug-likeness (QED) is 0.285. The Morgan fingerprint density at radius 2 is 1.78 bits per heavy atom. The van der Waals surface area contributed by atoms with Crippen molar-refractivity contribution in [2.24, 2.45) is 0 Å². The minimum Gasteiger partial charge on any atom is -0.352 e. The third-order valence-electron chi connectivity index (χ3n) is 6.16. The molecule has 1 aliphatic carbocycles. The van der Waals surface area contributed by atoms with Gasteiger partial charge >= 0.3 is 0 Å². The van der Waals surface area contributed by atoms with Gasteiger partial charge in [-0.05, 0) is 59.7 Å². The van der Waals surface area contributed by atoms with Gasteiger partial charge in [-0.3, -0.25) is 4.79 Å². The van der Waals surface area contributed by atoms with Gasteiger partial charge in [-0.25, -0.2) is 13.1 Å². The van der Waals surface area contributed by atoms with Crippen molar-refractivity contribution in [1.82, 2.24) is 15.1 Å². The largest absolute Gasteiger partial charge is 0.352 e. The van der Waals surface area contributed by atoms with Crippen LogP contribution in [0.15, 0.2) is 77.1 Å². The van der Waals surface area contributed by atoms with Gasteiger partial charge in [0.15, 0.2) is 9.84 Å². The maximum atomic E-state index is 12.5. The molecule has 6 nitrogen and oxygen atoms in total. The number of aromatic nitrogens is 2. The Morgan fingerprint density at radius 3 is 2.49 bits per heavy atom. The minimum absolute atomic E-state index is 0.0184. The number of benzene rings is 2. The van der Waals surface area contributed by atoms with Crippen LogP contribution in [0.5, 0.6) is 0 Å². The van der Waals surface area contributed by atoms with Crippen LogP contribution in [-0.4, -0.2) is 36.4 Å². The first kappa shape index (κ1) is 25.7. The zero-order valence-corrected chi connectivity index (χ0v) is 22.8. The number of carbonyl (C=O) groups excluding carboxylic acids is 1. The van der Waals surface area contributed by atoms with E-state index in [0.29, 0.717) is 0 Å². The van der Waals surface area contributed by atoms with Crippen LogP contribution in [0.4, 0.5) is 0 Å². The summed E-state index contributed by atoms with van der Waals surface area (Å²) in [5.74, 6) is -1.25. The lowest BCUT2D eigenvalue weighted by molar-refractivity contribution is -0.118. The van der Waals surface area contributed by atoms with Crippen molar-refractivity contribution in [2.45, 2.75) is 23.5 Å². The number of halogens is 2. The Hall–Kier alpha value is -2.91. The number of hydrogen-bond acceptors (Lipinski definition) is 5. The fraction of sp³-hybridized carbons (Fsp3) is 0.185. The summed E-state index contributed by atoms with van der Waals surface area (Å²) >= 11 is 12.6. The van der Waals surface area contributed by atoms with E-state index in [1.807, 2.05) is 35.2 Å². The highest BCUT2D eigenvalue weighted by Crippen LogP contribution is 2.35. The van der Waals surface area contributed by atoms with Gasteiger partial charge in [-0.2, -0.15) is 5.10 Å². The predicted octanol–water partition coefficient (Wildman–Crippen LogP) is 6.22. The van der Waals surface area contributed by atoms with Crippen molar-refractivity contribution in [2.75, 3.05) is 12.3 Å². The molecule has 0 saturated carbocycles. The molecule has 1 N–H and O–H groups in total. The van der Waals surface area contributed by atoms with Gasteiger partial charge in [0.25, 0.3) is 0 Å². The highest BCUT2D eigenvalue weighted by Gasteiger charge is 2.24. The fourth-order valence-corrected chi connectivity index (χ4v) is 7.50. The lowest BCUT2D eigenvalue weighted by atomic mass is 9.92. The number of nitrogens with zero attached hydrogens (tertiary/aromatic N) is 2. The molecule has 2 aromatic carbocycles. The Kier molecular flexibility index (Phi) is 7.53. The molecule has 0 spiro atoms. The molecule has 0 atom stereocenters. The highest BCUT2D eigenvalue weighted by atomic mass is 35.5. The third kappa shape index (κ3) is 5.67. The number of rotatable bonds is 7. The molecule has 2 heterocycles. The van der Waals surface area contributed by atoms with Crippen molar-refractivity contribution >= 4 is 55.9 Å². The molecule has 190 valence electrons. The third-order valence-corrected chi connectivity index (χ3v) is 10.2. The SMILES string of the molecule is O=C(CS(=O)(=O)c1cc(Cl)c(Cl)s1)NC/C=C1\CCCc2cnn(-c3ccc(-c4ccccc4)cc3)c21. The summed E-state index contributed by atoms with van der Waals surface area (Å²) in [6, 6.07) is 19.7. The van der Waals surface area contributed by atoms with Gasteiger partial charge in [0.05, 0.1) is 22.6 Å². The second-order valence-electron chi connectivity index (χ2n) is 8.68. The van der Waals surface area contributed by atoms with Crippen molar-refractivity contribution in [3.63, 3.8) is 0 Å². The van der Waals surface area contributed by atoms with Crippen LogP contribution < -0.4 is 5.32 Å². The number of hydrogen-bond donors (Lipinski definition) is 1. The molecule has 37 heavy (non-hydrogen) atoms. The highest BCUT2D eigenvalue weighted by molar-refractivity contribution is 7.94. The van der Waals surface area contributed by atoms with E-state index in [1.54, 1.807) is 0 Å². The van der Waals surface area contributed by atoms with Crippen LogP contribution in [0.3, 0.4) is 0 Å². The number of sulfone groups is 1. The van der Waals surface area contributed by atoms with Gasteiger partial charge in [0.1, 0.15) is 14.3 Å². The Balaban J connectivity index is 1.30. The Morgan fingerprint density at radius 1 is 1.05 bits per heavy atom. The molecule has 10 heteroatoms. The molecule has 0 radical (unpaired) electrons. The van der Waals surface area contributed by atoms with E-state index in [4.69, 9.17) is 23.2 Å². The molecule has 1 amide bonds. The zero-order chi connectivity index (χ0) is 26.0. The van der Waals surface area contributed by atoms with Crippen molar-refractivity contribution in [3.8, 4) is 16.8 Å². The first-order valence-corrected chi connectivity index (χ1v) is 14.9. The molecular formula is C27H23Cl2N3O3S2. The second kappa shape index (κ2) is 10.8. The number of aryl methyl sites for hydroxylation is 1. The van der Waals surface area contributed by atoms with Crippen LogP contribution in [0.25, 0.3) is 22.4 Å². The van der Waals surface area contributed by atoms with Gasteiger partial charge in [-0.15, -0.1) is 11.3 Å². The van der Waals surface area contributed by atoms with E-state index in [9.17, 15) is 13.2 Å². The van der Waals surface area contributed by atoms with Crippen LogP contribution in [-0.2, 0) is 21.1 Å². The van der Waals surface area contributed by atoms with Crippen molar-refractivity contribution in [1.29, 1.82) is 0 Å². The van der Waals surface area contributed by atoms with E-state index in [1.165, 1.54) is 6.07 Å². The summed E-state index contributed by atoms with van der Waals surface area (Å²) in [5.41, 5.74) is 6.50. The molecule has 0 bridgehead atoms. The molecule has 0 aliphatic heterocycles. The van der Waals surface area contributed by atoms with Crippen LogP contribution in [0.1, 0.15) is 24.1 Å². The summed E-state index contributed by atoms with van der Waals surface area (Å²) in [6.07, 6.45) is 6.61. The van der Waals surface area contributed by atoms with Gasteiger partial charge < -0.3 is 5.32 Å². The summed E-state index contributed by atoms with van der Waals surface area (Å²) in [7, 11) is -3.82. The van der Waals surface area contributed by atoms with E-state index in [0.717, 1.165) is 64.2 Å².